The molecule has 2 aromatic carbocycles. The van der Waals surface area contributed by atoms with E-state index in [-0.39, 0.29) is 11.7 Å². The first-order valence-corrected chi connectivity index (χ1v) is 11.2. The third-order valence-electron chi connectivity index (χ3n) is 6.18. The molecule has 0 aliphatic heterocycles. The molecule has 6 heteroatoms. The fourth-order valence-corrected chi connectivity index (χ4v) is 4.24. The van der Waals surface area contributed by atoms with Crippen LogP contribution in [0.15, 0.2) is 60.7 Å². The van der Waals surface area contributed by atoms with Gasteiger partial charge in [-0.1, -0.05) is 24.3 Å². The van der Waals surface area contributed by atoms with Crippen LogP contribution in [0.25, 0.3) is 0 Å². The van der Waals surface area contributed by atoms with Crippen molar-refractivity contribution in [2.75, 3.05) is 19.1 Å². The van der Waals surface area contributed by atoms with E-state index in [9.17, 15) is 4.79 Å². The number of pyridine rings is 1. The Morgan fingerprint density at radius 3 is 1.85 bits per heavy atom. The third kappa shape index (κ3) is 5.69. The van der Waals surface area contributed by atoms with Gasteiger partial charge in [-0.2, -0.15) is 0 Å². The van der Waals surface area contributed by atoms with Crippen molar-refractivity contribution in [2.24, 2.45) is 0 Å². The number of anilines is 1. The molecule has 1 saturated carbocycles. The summed E-state index contributed by atoms with van der Waals surface area (Å²) in [6.07, 6.45) is 2.68. The molecule has 3 aromatic rings. The maximum absolute atomic E-state index is 15.1. The first-order chi connectivity index (χ1) is 16.1. The summed E-state index contributed by atoms with van der Waals surface area (Å²) in [4.78, 5) is 18.4. The van der Waals surface area contributed by atoms with E-state index in [4.69, 9.17) is 14.5 Å². The van der Waals surface area contributed by atoms with E-state index < -0.39 is 0 Å². The Kier molecular flexibility index (Phi) is 7.23. The molecule has 0 unspecified atom stereocenters. The highest BCUT2D eigenvalue weighted by atomic mass is 19.1. The molecule has 0 spiro atoms. The number of halogens is 1. The van der Waals surface area contributed by atoms with E-state index >= 15 is 4.39 Å². The molecule has 1 aromatic heterocycles. The molecule has 1 heterocycles. The van der Waals surface area contributed by atoms with Crippen LogP contribution in [0.3, 0.4) is 0 Å². The van der Waals surface area contributed by atoms with Crippen LogP contribution in [-0.2, 0) is 17.9 Å². The van der Waals surface area contributed by atoms with Gasteiger partial charge < -0.3 is 14.4 Å². The monoisotopic (exact) mass is 448 g/mol. The van der Waals surface area contributed by atoms with Crippen LogP contribution in [0.1, 0.15) is 48.4 Å². The Balaban J connectivity index is 1.64. The molecule has 0 atom stereocenters. The summed E-state index contributed by atoms with van der Waals surface area (Å²) >= 11 is 0. The summed E-state index contributed by atoms with van der Waals surface area (Å²) in [5.41, 5.74) is 2.91. The molecule has 172 valence electrons. The van der Waals surface area contributed by atoms with Crippen molar-refractivity contribution in [3.8, 4) is 11.5 Å². The number of hydrogen-bond donors (Lipinski definition) is 0. The second kappa shape index (κ2) is 10.5. The minimum absolute atomic E-state index is 0.186. The van der Waals surface area contributed by atoms with Crippen LogP contribution in [0.2, 0.25) is 0 Å². The van der Waals surface area contributed by atoms with Crippen LogP contribution < -0.4 is 14.4 Å². The molecule has 0 radical (unpaired) electrons. The molecule has 33 heavy (non-hydrogen) atoms. The maximum atomic E-state index is 15.1. The second-order valence-corrected chi connectivity index (χ2v) is 8.41. The summed E-state index contributed by atoms with van der Waals surface area (Å²) < 4.78 is 25.6. The summed E-state index contributed by atoms with van der Waals surface area (Å²) in [7, 11) is 3.27. The highest BCUT2D eigenvalue weighted by Gasteiger charge is 2.23. The van der Waals surface area contributed by atoms with Gasteiger partial charge in [-0.15, -0.1) is 0 Å². The van der Waals surface area contributed by atoms with Gasteiger partial charge in [0.2, 0.25) is 0 Å². The number of benzene rings is 2. The number of carbonyl (C=O) groups excluding carboxylic acids is 1. The van der Waals surface area contributed by atoms with Gasteiger partial charge >= 0.3 is 0 Å². The number of methoxy groups -OCH3 is 2. The minimum Gasteiger partial charge on any atom is -0.497 e. The van der Waals surface area contributed by atoms with Crippen molar-refractivity contribution in [1.82, 2.24) is 4.98 Å². The van der Waals surface area contributed by atoms with Gasteiger partial charge in [-0.05, 0) is 60.4 Å². The van der Waals surface area contributed by atoms with Crippen LogP contribution in [0, 0.1) is 5.82 Å². The lowest BCUT2D eigenvalue weighted by atomic mass is 9.86. The van der Waals surface area contributed by atoms with E-state index in [1.165, 1.54) is 6.07 Å². The van der Waals surface area contributed by atoms with Gasteiger partial charge in [0.25, 0.3) is 0 Å². The number of ketones is 1. The summed E-state index contributed by atoms with van der Waals surface area (Å²) in [6.45, 7) is 0.985. The average molecular weight is 449 g/mol. The highest BCUT2D eigenvalue weighted by Crippen LogP contribution is 2.32. The van der Waals surface area contributed by atoms with Gasteiger partial charge in [-0.25, -0.2) is 9.37 Å². The van der Waals surface area contributed by atoms with E-state index in [1.807, 2.05) is 53.4 Å². The Labute approximate surface area is 194 Å². The van der Waals surface area contributed by atoms with E-state index in [0.29, 0.717) is 37.5 Å². The van der Waals surface area contributed by atoms with E-state index in [0.717, 1.165) is 41.2 Å². The van der Waals surface area contributed by atoms with E-state index in [2.05, 4.69) is 0 Å². The fraction of sp³-hybridized carbons (Fsp3) is 0.333. The zero-order valence-electron chi connectivity index (χ0n) is 19.1. The van der Waals surface area contributed by atoms with Crippen molar-refractivity contribution >= 4 is 11.6 Å². The Morgan fingerprint density at radius 1 is 0.848 bits per heavy atom. The third-order valence-corrected chi connectivity index (χ3v) is 6.18. The average Bonchev–Trinajstić information content (AvgIpc) is 2.85. The van der Waals surface area contributed by atoms with Gasteiger partial charge in [0.15, 0.2) is 11.6 Å². The predicted molar refractivity (Wildman–Crippen MR) is 126 cm³/mol. The fourth-order valence-electron chi connectivity index (χ4n) is 4.24. The van der Waals surface area contributed by atoms with Gasteiger partial charge in [-0.3, -0.25) is 4.79 Å². The SMILES string of the molecule is COc1ccc(CN(Cc2ccc(OC)cc2)c2nc(C3CCC(=O)CC3)ccc2F)cc1. The van der Waals surface area contributed by atoms with Crippen LogP contribution >= 0.6 is 0 Å². The summed E-state index contributed by atoms with van der Waals surface area (Å²) in [5, 5.41) is 0. The first kappa shape index (κ1) is 22.8. The smallest absolute Gasteiger partial charge is 0.165 e. The molecule has 0 amide bonds. The zero-order valence-corrected chi connectivity index (χ0v) is 19.1. The number of ether oxygens (including phenoxy) is 2. The van der Waals surface area contributed by atoms with Crippen molar-refractivity contribution in [1.29, 1.82) is 0 Å². The van der Waals surface area contributed by atoms with Gasteiger partial charge in [0, 0.05) is 37.5 Å². The molecule has 1 aliphatic carbocycles. The number of rotatable bonds is 8. The summed E-state index contributed by atoms with van der Waals surface area (Å²) in [5.74, 6) is 2.01. The Morgan fingerprint density at radius 2 is 1.36 bits per heavy atom. The summed E-state index contributed by atoms with van der Waals surface area (Å²) in [6, 6.07) is 18.8. The predicted octanol–water partition coefficient (Wildman–Crippen LogP) is 5.67. The van der Waals surface area contributed by atoms with Crippen LogP contribution in [0.4, 0.5) is 10.2 Å². The highest BCUT2D eigenvalue weighted by molar-refractivity contribution is 5.79. The quantitative estimate of drug-likeness (QED) is 0.444. The molecule has 1 fully saturated rings. The molecule has 5 nitrogen and oxygen atoms in total. The lowest BCUT2D eigenvalue weighted by Gasteiger charge is -2.27. The normalized spacial score (nSPS) is 14.2. The molecule has 0 saturated heterocycles. The second-order valence-electron chi connectivity index (χ2n) is 8.41. The molecule has 4 rings (SSSR count). The first-order valence-electron chi connectivity index (χ1n) is 11.2. The number of nitrogens with zero attached hydrogens (tertiary/aromatic N) is 2. The van der Waals surface area contributed by atoms with Crippen molar-refractivity contribution in [3.63, 3.8) is 0 Å². The number of Topliss-reactive ketones (excluding diaryl/α,β-unsaturated/α-hetero) is 1. The zero-order chi connectivity index (χ0) is 23.2. The van der Waals surface area contributed by atoms with Crippen LogP contribution in [0.5, 0.6) is 11.5 Å². The van der Waals surface area contributed by atoms with Crippen molar-refractivity contribution in [3.05, 3.63) is 83.3 Å². The number of aromatic nitrogens is 1. The lowest BCUT2D eigenvalue weighted by Crippen LogP contribution is -2.25. The standard InChI is InChI=1S/C27H29FN2O3/c1-32-23-11-3-19(4-12-23)17-30(18-20-5-13-24(33-2)14-6-20)27-25(28)15-16-26(29-27)21-7-9-22(31)10-8-21/h3-6,11-16,21H,7-10,17-18H2,1-2H3. The van der Waals surface area contributed by atoms with Crippen molar-refractivity contribution in [2.45, 2.75) is 44.7 Å². The molecule has 0 bridgehead atoms. The minimum atomic E-state index is -0.354. The van der Waals surface area contributed by atoms with Crippen LogP contribution in [-0.4, -0.2) is 25.0 Å². The number of carbonyl (C=O) groups is 1. The van der Waals surface area contributed by atoms with Gasteiger partial charge in [0.1, 0.15) is 17.3 Å². The van der Waals surface area contributed by atoms with Crippen molar-refractivity contribution < 1.29 is 18.7 Å². The largest absolute Gasteiger partial charge is 0.497 e. The molecular weight excluding hydrogens is 419 g/mol. The Hall–Kier alpha value is -3.41. The molecule has 0 N–H and O–H groups in total. The van der Waals surface area contributed by atoms with E-state index in [1.54, 1.807) is 20.3 Å². The lowest BCUT2D eigenvalue weighted by molar-refractivity contribution is -0.120. The van der Waals surface area contributed by atoms with Gasteiger partial charge in [0.05, 0.1) is 14.2 Å². The Bertz CT molecular complexity index is 1020. The molecule has 1 aliphatic rings. The maximum Gasteiger partial charge on any atom is 0.165 e. The topological polar surface area (TPSA) is 51.7 Å². The molecular formula is C27H29FN2O3. The number of hydrogen-bond acceptors (Lipinski definition) is 5.